The normalized spacial score (nSPS) is 11.0. The predicted octanol–water partition coefficient (Wildman–Crippen LogP) is 4.86. The van der Waals surface area contributed by atoms with E-state index in [4.69, 9.17) is 11.6 Å². The van der Waals surface area contributed by atoms with Crippen LogP contribution in [-0.2, 0) is 11.3 Å². The lowest BCUT2D eigenvalue weighted by molar-refractivity contribution is -0.384. The number of halogens is 1. The molecule has 0 saturated heterocycles. The first-order valence-electron chi connectivity index (χ1n) is 8.83. The Balaban J connectivity index is 1.59. The van der Waals surface area contributed by atoms with Crippen molar-refractivity contribution in [3.63, 3.8) is 0 Å². The first-order chi connectivity index (χ1) is 13.4. The number of hydrogen-bond acceptors (Lipinski definition) is 4. The molecule has 1 amide bonds. The van der Waals surface area contributed by atoms with E-state index in [1.807, 2.05) is 54.4 Å². The van der Waals surface area contributed by atoms with Gasteiger partial charge in [0, 0.05) is 47.7 Å². The van der Waals surface area contributed by atoms with Gasteiger partial charge in [0.05, 0.1) is 4.92 Å². The molecule has 0 bridgehead atoms. The third-order valence-electron chi connectivity index (χ3n) is 4.46. The van der Waals surface area contributed by atoms with Crippen LogP contribution in [0.3, 0.4) is 0 Å². The first kappa shape index (κ1) is 19.8. The molecule has 0 aliphatic carbocycles. The van der Waals surface area contributed by atoms with E-state index < -0.39 is 4.92 Å². The maximum absolute atomic E-state index is 12.4. The van der Waals surface area contributed by atoms with Gasteiger partial charge in [-0.05, 0) is 30.1 Å². The van der Waals surface area contributed by atoms with Crippen molar-refractivity contribution < 1.29 is 9.72 Å². The monoisotopic (exact) mass is 397 g/mol. The molecule has 0 saturated carbocycles. The van der Waals surface area contributed by atoms with E-state index in [9.17, 15) is 14.9 Å². The molecule has 1 N–H and O–H groups in total. The number of carbonyl (C=O) groups is 1. The second-order valence-electron chi connectivity index (χ2n) is 6.60. The van der Waals surface area contributed by atoms with Gasteiger partial charge >= 0.3 is 0 Å². The Morgan fingerprint density at radius 1 is 1.14 bits per heavy atom. The van der Waals surface area contributed by atoms with Gasteiger partial charge in [-0.25, -0.2) is 0 Å². The van der Waals surface area contributed by atoms with Crippen molar-refractivity contribution in [1.29, 1.82) is 0 Å². The zero-order chi connectivity index (χ0) is 20.1. The summed E-state index contributed by atoms with van der Waals surface area (Å²) in [5.41, 5.74) is 1.45. The minimum atomic E-state index is -0.447. The van der Waals surface area contributed by atoms with Crippen LogP contribution in [0, 0.1) is 10.1 Å². The molecule has 0 aliphatic heterocycles. The Morgan fingerprint density at radius 3 is 2.68 bits per heavy atom. The van der Waals surface area contributed by atoms with Crippen LogP contribution < -0.4 is 5.32 Å². The Labute approximate surface area is 167 Å². The van der Waals surface area contributed by atoms with Gasteiger partial charge in [0.2, 0.25) is 5.91 Å². The lowest BCUT2D eigenvalue weighted by atomic mass is 10.1. The second-order valence-corrected chi connectivity index (χ2v) is 7.00. The molecule has 3 aromatic carbocycles. The molecule has 0 fully saturated rings. The number of anilines is 1. The highest BCUT2D eigenvalue weighted by molar-refractivity contribution is 6.31. The van der Waals surface area contributed by atoms with Crippen LogP contribution in [-0.4, -0.2) is 29.3 Å². The molecule has 28 heavy (non-hydrogen) atoms. The first-order valence-corrected chi connectivity index (χ1v) is 9.21. The van der Waals surface area contributed by atoms with E-state index >= 15 is 0 Å². The lowest BCUT2D eigenvalue weighted by Gasteiger charge is -2.17. The van der Waals surface area contributed by atoms with E-state index in [0.717, 1.165) is 16.5 Å². The highest BCUT2D eigenvalue weighted by atomic mass is 35.5. The third-order valence-corrected chi connectivity index (χ3v) is 4.83. The van der Waals surface area contributed by atoms with Gasteiger partial charge in [0.25, 0.3) is 5.69 Å². The van der Waals surface area contributed by atoms with Gasteiger partial charge in [-0.1, -0.05) is 48.0 Å². The topological polar surface area (TPSA) is 75.5 Å². The van der Waals surface area contributed by atoms with Crippen molar-refractivity contribution in [2.75, 3.05) is 18.9 Å². The van der Waals surface area contributed by atoms with Crippen molar-refractivity contribution >= 4 is 39.7 Å². The molecule has 3 rings (SSSR count). The summed E-state index contributed by atoms with van der Waals surface area (Å²) in [7, 11) is 1.85. The molecule has 144 valence electrons. The maximum atomic E-state index is 12.4. The highest BCUT2D eigenvalue weighted by Crippen LogP contribution is 2.24. The van der Waals surface area contributed by atoms with Gasteiger partial charge < -0.3 is 10.2 Å². The maximum Gasteiger partial charge on any atom is 0.269 e. The third kappa shape index (κ3) is 4.85. The zero-order valence-electron chi connectivity index (χ0n) is 15.4. The molecule has 0 aromatic heterocycles. The highest BCUT2D eigenvalue weighted by Gasteiger charge is 2.13. The smallest absolute Gasteiger partial charge is 0.269 e. The largest absolute Gasteiger partial charge is 0.325 e. The molecule has 0 radical (unpaired) electrons. The van der Waals surface area contributed by atoms with E-state index in [-0.39, 0.29) is 11.6 Å². The van der Waals surface area contributed by atoms with E-state index in [1.54, 1.807) is 0 Å². The molecular formula is C21H20ClN3O3. The van der Waals surface area contributed by atoms with Crippen LogP contribution in [0.25, 0.3) is 10.8 Å². The molecule has 0 atom stereocenters. The van der Waals surface area contributed by atoms with Gasteiger partial charge in [0.15, 0.2) is 0 Å². The molecule has 0 heterocycles. The minimum absolute atomic E-state index is 0.00139. The van der Waals surface area contributed by atoms with Crippen molar-refractivity contribution in [1.82, 2.24) is 4.90 Å². The van der Waals surface area contributed by atoms with Crippen molar-refractivity contribution in [3.8, 4) is 0 Å². The van der Waals surface area contributed by atoms with Crippen molar-refractivity contribution in [2.45, 2.75) is 13.0 Å². The Morgan fingerprint density at radius 2 is 1.89 bits per heavy atom. The van der Waals surface area contributed by atoms with Crippen LogP contribution in [0.15, 0.2) is 60.7 Å². The van der Waals surface area contributed by atoms with Crippen LogP contribution in [0.1, 0.15) is 12.0 Å². The quantitative estimate of drug-likeness (QED) is 0.456. The van der Waals surface area contributed by atoms with E-state index in [2.05, 4.69) is 5.32 Å². The number of nitrogens with one attached hydrogen (secondary N) is 1. The summed E-state index contributed by atoms with van der Waals surface area (Å²) >= 11 is 6.14. The minimum Gasteiger partial charge on any atom is -0.325 e. The number of hydrogen-bond donors (Lipinski definition) is 1. The number of nitrogens with zero attached hydrogens (tertiary/aromatic N) is 2. The van der Waals surface area contributed by atoms with Gasteiger partial charge in [-0.3, -0.25) is 14.9 Å². The summed E-state index contributed by atoms with van der Waals surface area (Å²) in [6.45, 7) is 0.914. The average Bonchev–Trinajstić information content (AvgIpc) is 2.68. The van der Waals surface area contributed by atoms with Gasteiger partial charge in [0.1, 0.15) is 0 Å². The predicted molar refractivity (Wildman–Crippen MR) is 112 cm³/mol. The van der Waals surface area contributed by atoms with Crippen LogP contribution in [0.4, 0.5) is 11.4 Å². The number of nitro benzene ring substituents is 1. The molecule has 0 unspecified atom stereocenters. The van der Waals surface area contributed by atoms with Crippen molar-refractivity contribution in [2.24, 2.45) is 0 Å². The summed E-state index contributed by atoms with van der Waals surface area (Å²) in [6, 6.07) is 18.0. The second kappa shape index (κ2) is 8.82. The van der Waals surface area contributed by atoms with Gasteiger partial charge in [-0.15, -0.1) is 0 Å². The number of fused-ring (bicyclic) bond motifs is 1. The van der Waals surface area contributed by atoms with Crippen LogP contribution in [0.5, 0.6) is 0 Å². The number of carbonyl (C=O) groups excluding carboxylic acids is 1. The lowest BCUT2D eigenvalue weighted by Crippen LogP contribution is -2.24. The number of benzene rings is 3. The Bertz CT molecular complexity index is 1020. The number of amides is 1. The van der Waals surface area contributed by atoms with E-state index in [1.165, 1.54) is 18.2 Å². The summed E-state index contributed by atoms with van der Waals surface area (Å²) in [6.07, 6.45) is 0.298. The Kier molecular flexibility index (Phi) is 6.23. The number of non-ortho nitro benzene ring substituents is 1. The summed E-state index contributed by atoms with van der Waals surface area (Å²) < 4.78 is 0. The average molecular weight is 398 g/mol. The summed E-state index contributed by atoms with van der Waals surface area (Å²) in [5.74, 6) is -0.0895. The van der Waals surface area contributed by atoms with Gasteiger partial charge in [-0.2, -0.15) is 0 Å². The standard InChI is InChI=1S/C21H20ClN3O3/c1-24(14-16-13-17(25(27)28)9-10-19(16)22)12-11-21(26)23-20-8-4-6-15-5-2-3-7-18(15)20/h2-10,13H,11-12,14H2,1H3,(H,23,26). The van der Waals surface area contributed by atoms with Crippen LogP contribution >= 0.6 is 11.6 Å². The molecule has 3 aromatic rings. The summed E-state index contributed by atoms with van der Waals surface area (Å²) in [5, 5.41) is 16.4. The molecule has 7 heteroatoms. The molecule has 0 aliphatic rings. The fraction of sp³-hybridized carbons (Fsp3) is 0.190. The fourth-order valence-electron chi connectivity index (χ4n) is 3.01. The number of rotatable bonds is 7. The zero-order valence-corrected chi connectivity index (χ0v) is 16.1. The van der Waals surface area contributed by atoms with E-state index in [0.29, 0.717) is 30.1 Å². The molecule has 6 nitrogen and oxygen atoms in total. The fourth-order valence-corrected chi connectivity index (χ4v) is 3.18. The SMILES string of the molecule is CN(CCC(=O)Nc1cccc2ccccc12)Cc1cc([N+](=O)[O-])ccc1Cl. The molecular weight excluding hydrogens is 378 g/mol. The Hall–Kier alpha value is -2.96. The number of nitro groups is 1. The van der Waals surface area contributed by atoms with Crippen molar-refractivity contribution in [3.05, 3.63) is 81.4 Å². The molecule has 0 spiro atoms. The summed E-state index contributed by atoms with van der Waals surface area (Å²) in [4.78, 5) is 24.8. The van der Waals surface area contributed by atoms with Crippen LogP contribution in [0.2, 0.25) is 5.02 Å².